The molecule has 0 saturated carbocycles. The summed E-state index contributed by atoms with van der Waals surface area (Å²) in [4.78, 5) is 0. The van der Waals surface area contributed by atoms with Crippen molar-refractivity contribution in [1.29, 1.82) is 5.26 Å². The van der Waals surface area contributed by atoms with Gasteiger partial charge in [-0.2, -0.15) is 5.26 Å². The molecule has 2 N–H and O–H groups in total. The summed E-state index contributed by atoms with van der Waals surface area (Å²) >= 11 is 0. The molecule has 0 saturated heterocycles. The number of aliphatic hydroxyl groups is 1. The van der Waals surface area contributed by atoms with Gasteiger partial charge in [-0.3, -0.25) is 0 Å². The Hall–Kier alpha value is -2.09. The molecular formula is C19H25N3O. The van der Waals surface area contributed by atoms with Crippen LogP contribution in [0.1, 0.15) is 41.8 Å². The lowest BCUT2D eigenvalue weighted by atomic mass is 9.93. The molecule has 1 aromatic carbocycles. The van der Waals surface area contributed by atoms with Crippen LogP contribution >= 0.6 is 0 Å². The molecule has 4 heteroatoms. The van der Waals surface area contributed by atoms with Gasteiger partial charge >= 0.3 is 0 Å². The van der Waals surface area contributed by atoms with Crippen LogP contribution in [0.5, 0.6) is 0 Å². The van der Waals surface area contributed by atoms with Gasteiger partial charge in [-0.25, -0.2) is 0 Å². The van der Waals surface area contributed by atoms with E-state index in [1.54, 1.807) is 0 Å². The van der Waals surface area contributed by atoms with E-state index in [0.29, 0.717) is 5.69 Å². The monoisotopic (exact) mass is 311 g/mol. The molecule has 1 heterocycles. The predicted molar refractivity (Wildman–Crippen MR) is 92.1 cm³/mol. The first kappa shape index (κ1) is 17.3. The molecule has 2 atom stereocenters. The quantitative estimate of drug-likeness (QED) is 0.826. The van der Waals surface area contributed by atoms with Gasteiger partial charge in [-0.15, -0.1) is 0 Å². The van der Waals surface area contributed by atoms with E-state index in [9.17, 15) is 5.11 Å². The number of rotatable bonds is 7. The number of nitriles is 1. The summed E-state index contributed by atoms with van der Waals surface area (Å²) in [6.07, 6.45) is 0.402. The zero-order valence-electron chi connectivity index (χ0n) is 14.1. The van der Waals surface area contributed by atoms with Crippen molar-refractivity contribution in [1.82, 2.24) is 9.88 Å². The molecule has 0 aliphatic rings. The summed E-state index contributed by atoms with van der Waals surface area (Å²) in [6.45, 7) is 5.38. The van der Waals surface area contributed by atoms with Gasteiger partial charge in [0.2, 0.25) is 0 Å². The van der Waals surface area contributed by atoms with Crippen LogP contribution in [0.2, 0.25) is 0 Å². The highest BCUT2D eigenvalue weighted by molar-refractivity contribution is 5.34. The molecule has 0 aliphatic carbocycles. The molecule has 0 bridgehead atoms. The number of nitrogens with zero attached hydrogens (tertiary/aromatic N) is 2. The van der Waals surface area contributed by atoms with E-state index in [-0.39, 0.29) is 12.0 Å². The second-order valence-corrected chi connectivity index (χ2v) is 6.13. The number of hydrogen-bond acceptors (Lipinski definition) is 3. The third kappa shape index (κ3) is 4.44. The van der Waals surface area contributed by atoms with Gasteiger partial charge < -0.3 is 15.0 Å². The minimum absolute atomic E-state index is 0.274. The normalized spacial score (nSPS) is 13.5. The lowest BCUT2D eigenvalue weighted by Gasteiger charge is -2.19. The van der Waals surface area contributed by atoms with E-state index >= 15 is 0 Å². The lowest BCUT2D eigenvalue weighted by Crippen LogP contribution is -2.24. The molecule has 2 unspecified atom stereocenters. The van der Waals surface area contributed by atoms with Crippen LogP contribution in [0.25, 0.3) is 0 Å². The first-order valence-electron chi connectivity index (χ1n) is 8.02. The fourth-order valence-corrected chi connectivity index (χ4v) is 2.90. The van der Waals surface area contributed by atoms with Gasteiger partial charge in [0.25, 0.3) is 0 Å². The van der Waals surface area contributed by atoms with Crippen LogP contribution < -0.4 is 5.32 Å². The summed E-state index contributed by atoms with van der Waals surface area (Å²) in [5.41, 5.74) is 4.18. The lowest BCUT2D eigenvalue weighted by molar-refractivity contribution is 0.173. The number of hydrogen-bond donors (Lipinski definition) is 2. The second-order valence-electron chi connectivity index (χ2n) is 6.13. The SMILES string of the molecule is Cc1c(CNCC(CC(C)O)c2ccccc2)cc(C#N)n1C. The van der Waals surface area contributed by atoms with Crippen molar-refractivity contribution in [2.45, 2.75) is 38.8 Å². The van der Waals surface area contributed by atoms with Crippen molar-refractivity contribution in [3.8, 4) is 6.07 Å². The van der Waals surface area contributed by atoms with Gasteiger partial charge in [0, 0.05) is 25.8 Å². The van der Waals surface area contributed by atoms with Gasteiger partial charge in [0.1, 0.15) is 11.8 Å². The van der Waals surface area contributed by atoms with E-state index in [2.05, 4.69) is 23.5 Å². The maximum absolute atomic E-state index is 9.75. The Morgan fingerprint density at radius 3 is 2.57 bits per heavy atom. The minimum Gasteiger partial charge on any atom is -0.393 e. The highest BCUT2D eigenvalue weighted by Crippen LogP contribution is 2.21. The van der Waals surface area contributed by atoms with Crippen LogP contribution in [-0.4, -0.2) is 22.3 Å². The molecule has 1 aromatic heterocycles. The van der Waals surface area contributed by atoms with Crippen molar-refractivity contribution >= 4 is 0 Å². The van der Waals surface area contributed by atoms with E-state index in [1.165, 1.54) is 5.56 Å². The topological polar surface area (TPSA) is 61.0 Å². The van der Waals surface area contributed by atoms with Gasteiger partial charge in [0.15, 0.2) is 0 Å². The first-order chi connectivity index (χ1) is 11.0. The van der Waals surface area contributed by atoms with E-state index < -0.39 is 0 Å². The highest BCUT2D eigenvalue weighted by Gasteiger charge is 2.15. The van der Waals surface area contributed by atoms with Crippen LogP contribution in [-0.2, 0) is 13.6 Å². The fraction of sp³-hybridized carbons (Fsp3) is 0.421. The van der Waals surface area contributed by atoms with E-state index in [0.717, 1.165) is 30.8 Å². The van der Waals surface area contributed by atoms with Crippen molar-refractivity contribution in [2.24, 2.45) is 7.05 Å². The Kier molecular flexibility index (Phi) is 5.97. The third-order valence-corrected chi connectivity index (χ3v) is 4.36. The Labute approximate surface area is 138 Å². The average Bonchev–Trinajstić information content (AvgIpc) is 2.82. The molecule has 0 amide bonds. The molecule has 2 rings (SSSR count). The molecule has 122 valence electrons. The number of aliphatic hydroxyl groups excluding tert-OH is 1. The van der Waals surface area contributed by atoms with Crippen LogP contribution in [0, 0.1) is 18.3 Å². The molecule has 0 aliphatic heterocycles. The zero-order chi connectivity index (χ0) is 16.8. The highest BCUT2D eigenvalue weighted by atomic mass is 16.3. The van der Waals surface area contributed by atoms with Crippen LogP contribution in [0.3, 0.4) is 0 Å². The molecule has 0 spiro atoms. The smallest absolute Gasteiger partial charge is 0.120 e. The molecule has 23 heavy (non-hydrogen) atoms. The van der Waals surface area contributed by atoms with E-state index in [4.69, 9.17) is 5.26 Å². The number of benzene rings is 1. The molecule has 0 fully saturated rings. The molecule has 4 nitrogen and oxygen atoms in total. The first-order valence-corrected chi connectivity index (χ1v) is 8.02. The second kappa shape index (κ2) is 7.96. The Bertz CT molecular complexity index is 668. The molecular weight excluding hydrogens is 286 g/mol. The zero-order valence-corrected chi connectivity index (χ0v) is 14.1. The summed E-state index contributed by atoms with van der Waals surface area (Å²) in [7, 11) is 1.91. The Balaban J connectivity index is 2.01. The number of aromatic nitrogens is 1. The van der Waals surface area contributed by atoms with Crippen LogP contribution in [0.4, 0.5) is 0 Å². The fourth-order valence-electron chi connectivity index (χ4n) is 2.90. The van der Waals surface area contributed by atoms with Crippen molar-refractivity contribution in [3.63, 3.8) is 0 Å². The summed E-state index contributed by atoms with van der Waals surface area (Å²) < 4.78 is 1.92. The summed E-state index contributed by atoms with van der Waals surface area (Å²) in [6, 6.07) is 14.4. The van der Waals surface area contributed by atoms with Gasteiger partial charge in [-0.05, 0) is 43.4 Å². The van der Waals surface area contributed by atoms with E-state index in [1.807, 2.05) is 49.7 Å². The maximum atomic E-state index is 9.75. The van der Waals surface area contributed by atoms with Gasteiger partial charge in [-0.1, -0.05) is 30.3 Å². The summed E-state index contributed by atoms with van der Waals surface area (Å²) in [5, 5.41) is 22.3. The third-order valence-electron chi connectivity index (χ3n) is 4.36. The average molecular weight is 311 g/mol. The maximum Gasteiger partial charge on any atom is 0.120 e. The van der Waals surface area contributed by atoms with Crippen molar-refractivity contribution < 1.29 is 5.11 Å². The standard InChI is InChI=1S/C19H25N3O/c1-14(23)9-18(16-7-5-4-6-8-16)13-21-12-17-10-19(11-20)22(3)15(17)2/h4-8,10,14,18,21,23H,9,12-13H2,1-3H3. The number of nitrogens with one attached hydrogen (secondary N) is 1. The van der Waals surface area contributed by atoms with Crippen molar-refractivity contribution in [2.75, 3.05) is 6.54 Å². The molecule has 0 radical (unpaired) electrons. The largest absolute Gasteiger partial charge is 0.393 e. The van der Waals surface area contributed by atoms with Crippen LogP contribution in [0.15, 0.2) is 36.4 Å². The Morgan fingerprint density at radius 1 is 1.30 bits per heavy atom. The Morgan fingerprint density at radius 2 is 2.00 bits per heavy atom. The predicted octanol–water partition coefficient (Wildman–Crippen LogP) is 2.85. The van der Waals surface area contributed by atoms with Crippen molar-refractivity contribution in [3.05, 3.63) is 58.9 Å². The summed E-state index contributed by atoms with van der Waals surface area (Å²) in [5.74, 6) is 0.274. The molecule has 2 aromatic rings. The minimum atomic E-state index is -0.328. The van der Waals surface area contributed by atoms with Gasteiger partial charge in [0.05, 0.1) is 6.10 Å².